The molecule has 0 bridgehead atoms. The molecule has 17 heavy (non-hydrogen) atoms. The fourth-order valence-electron chi connectivity index (χ4n) is 2.01. The van der Waals surface area contributed by atoms with Gasteiger partial charge in [-0.25, -0.2) is 4.79 Å². The van der Waals surface area contributed by atoms with Crippen LogP contribution < -0.4 is 0 Å². The van der Waals surface area contributed by atoms with Crippen LogP contribution in [0.2, 0.25) is 19.6 Å². The third kappa shape index (κ3) is 9.38. The van der Waals surface area contributed by atoms with Gasteiger partial charge in [-0.1, -0.05) is 71.5 Å². The minimum absolute atomic E-state index is 0.994. The Kier molecular flexibility index (Phi) is 9.48. The summed E-state index contributed by atoms with van der Waals surface area (Å²) in [6, 6.07) is 0. The molecule has 0 aliphatic heterocycles. The second kappa shape index (κ2) is 9.67. The van der Waals surface area contributed by atoms with Gasteiger partial charge in [0, 0.05) is 0 Å². The molecule has 1 nitrogen and oxygen atoms in total. The van der Waals surface area contributed by atoms with Gasteiger partial charge in [0.25, 0.3) is 0 Å². The maximum Gasteiger partial charge on any atom is 0.119 e. The van der Waals surface area contributed by atoms with E-state index in [4.69, 9.17) is 0 Å². The van der Waals surface area contributed by atoms with Gasteiger partial charge < -0.3 is 0 Å². The SMILES string of the molecule is CCCCCCCCCCC(=C=O)[Si](C)(C)C. The molecule has 0 spiro atoms. The maximum absolute atomic E-state index is 10.9. The van der Waals surface area contributed by atoms with Gasteiger partial charge in [0.15, 0.2) is 0 Å². The van der Waals surface area contributed by atoms with Gasteiger partial charge in [0.1, 0.15) is 5.94 Å². The predicted octanol–water partition coefficient (Wildman–Crippen LogP) is 5.15. The molecular weight excluding hydrogens is 224 g/mol. The van der Waals surface area contributed by atoms with Crippen LogP contribution in [-0.2, 0) is 4.79 Å². The van der Waals surface area contributed by atoms with E-state index in [-0.39, 0.29) is 0 Å². The van der Waals surface area contributed by atoms with Crippen molar-refractivity contribution in [3.8, 4) is 0 Å². The summed E-state index contributed by atoms with van der Waals surface area (Å²) in [5, 5.41) is 1.09. The van der Waals surface area contributed by atoms with Crippen LogP contribution in [0.3, 0.4) is 0 Å². The summed E-state index contributed by atoms with van der Waals surface area (Å²) in [6.45, 7) is 8.96. The first kappa shape index (κ1) is 16.7. The van der Waals surface area contributed by atoms with E-state index in [1.165, 1.54) is 51.4 Å². The smallest absolute Gasteiger partial charge is 0.119 e. The van der Waals surface area contributed by atoms with E-state index in [0.29, 0.717) is 0 Å². The minimum atomic E-state index is -1.38. The first-order valence-corrected chi connectivity index (χ1v) is 10.8. The van der Waals surface area contributed by atoms with E-state index >= 15 is 0 Å². The molecule has 0 amide bonds. The Balaban J connectivity index is 3.48. The molecule has 2 heteroatoms. The van der Waals surface area contributed by atoms with Crippen LogP contribution in [0, 0.1) is 0 Å². The van der Waals surface area contributed by atoms with E-state index in [9.17, 15) is 4.79 Å². The molecule has 0 rings (SSSR count). The van der Waals surface area contributed by atoms with Crippen LogP contribution in [0.5, 0.6) is 0 Å². The van der Waals surface area contributed by atoms with Gasteiger partial charge in [0.05, 0.1) is 8.07 Å². The molecule has 0 aromatic carbocycles. The van der Waals surface area contributed by atoms with Crippen LogP contribution in [0.15, 0.2) is 5.20 Å². The Morgan fingerprint density at radius 3 is 1.76 bits per heavy atom. The summed E-state index contributed by atoms with van der Waals surface area (Å²) in [7, 11) is -1.38. The van der Waals surface area contributed by atoms with Crippen LogP contribution in [0.4, 0.5) is 0 Å². The molecule has 0 aromatic rings. The molecule has 0 N–H and O–H groups in total. The number of hydrogen-bond acceptors (Lipinski definition) is 1. The normalized spacial score (nSPS) is 11.3. The van der Waals surface area contributed by atoms with E-state index in [1.54, 1.807) is 0 Å². The second-order valence-electron chi connectivity index (χ2n) is 6.06. The summed E-state index contributed by atoms with van der Waals surface area (Å²) in [5.74, 6) is 2.19. The quantitative estimate of drug-likeness (QED) is 0.299. The highest BCUT2D eigenvalue weighted by atomic mass is 28.3. The van der Waals surface area contributed by atoms with Crippen molar-refractivity contribution >= 4 is 14.0 Å². The number of rotatable bonds is 10. The molecule has 0 aliphatic rings. The average molecular weight is 254 g/mol. The van der Waals surface area contributed by atoms with Gasteiger partial charge in [0.2, 0.25) is 0 Å². The van der Waals surface area contributed by atoms with Crippen molar-refractivity contribution in [2.75, 3.05) is 0 Å². The highest BCUT2D eigenvalue weighted by Gasteiger charge is 2.19. The molecule has 0 saturated carbocycles. The Bertz CT molecular complexity index is 234. The van der Waals surface area contributed by atoms with Crippen molar-refractivity contribution < 1.29 is 4.79 Å². The first-order valence-electron chi connectivity index (χ1n) is 7.26. The molecular formula is C15H30OSi. The molecule has 0 radical (unpaired) electrons. The topological polar surface area (TPSA) is 17.1 Å². The maximum atomic E-state index is 10.9. The average Bonchev–Trinajstić information content (AvgIpc) is 2.25. The molecule has 0 unspecified atom stereocenters. The molecule has 0 fully saturated rings. The van der Waals surface area contributed by atoms with Crippen molar-refractivity contribution in [1.82, 2.24) is 0 Å². The fraction of sp³-hybridized carbons (Fsp3) is 0.867. The minimum Gasteiger partial charge on any atom is -0.234 e. The lowest BCUT2D eigenvalue weighted by atomic mass is 10.1. The van der Waals surface area contributed by atoms with E-state index in [2.05, 4.69) is 32.5 Å². The van der Waals surface area contributed by atoms with Crippen molar-refractivity contribution in [3.63, 3.8) is 0 Å². The molecule has 0 atom stereocenters. The zero-order chi connectivity index (χ0) is 13.1. The number of carbonyl (C=O) groups excluding carboxylic acids is 1. The Morgan fingerprint density at radius 2 is 1.35 bits per heavy atom. The zero-order valence-electron chi connectivity index (χ0n) is 12.3. The van der Waals surface area contributed by atoms with Gasteiger partial charge >= 0.3 is 0 Å². The third-order valence-electron chi connectivity index (χ3n) is 3.31. The largest absolute Gasteiger partial charge is 0.234 e. The van der Waals surface area contributed by atoms with Crippen LogP contribution in [0.25, 0.3) is 0 Å². The van der Waals surface area contributed by atoms with E-state index < -0.39 is 8.07 Å². The number of hydrogen-bond donors (Lipinski definition) is 0. The molecule has 100 valence electrons. The molecule has 0 saturated heterocycles. The predicted molar refractivity (Wildman–Crippen MR) is 79.8 cm³/mol. The highest BCUT2D eigenvalue weighted by Crippen LogP contribution is 2.19. The molecule has 0 aliphatic carbocycles. The summed E-state index contributed by atoms with van der Waals surface area (Å²) in [5.41, 5.74) is 0. The lowest BCUT2D eigenvalue weighted by Gasteiger charge is -2.16. The van der Waals surface area contributed by atoms with Gasteiger partial charge in [-0.2, -0.15) is 0 Å². The summed E-state index contributed by atoms with van der Waals surface area (Å²) in [4.78, 5) is 10.9. The van der Waals surface area contributed by atoms with Crippen molar-refractivity contribution in [2.45, 2.75) is 84.4 Å². The van der Waals surface area contributed by atoms with E-state index in [1.807, 2.05) is 0 Å². The molecule has 0 aromatic heterocycles. The van der Waals surface area contributed by atoms with Crippen molar-refractivity contribution in [1.29, 1.82) is 0 Å². The third-order valence-corrected chi connectivity index (χ3v) is 5.47. The monoisotopic (exact) mass is 254 g/mol. The second-order valence-corrected chi connectivity index (χ2v) is 11.2. The highest BCUT2D eigenvalue weighted by molar-refractivity contribution is 6.84. The van der Waals surface area contributed by atoms with Gasteiger partial charge in [-0.3, -0.25) is 0 Å². The van der Waals surface area contributed by atoms with Crippen LogP contribution in [0.1, 0.15) is 64.7 Å². The summed E-state index contributed by atoms with van der Waals surface area (Å²) >= 11 is 0. The number of unbranched alkanes of at least 4 members (excludes halogenated alkanes) is 7. The lowest BCUT2D eigenvalue weighted by Crippen LogP contribution is -2.24. The summed E-state index contributed by atoms with van der Waals surface area (Å²) in [6.07, 6.45) is 11.6. The van der Waals surface area contributed by atoms with E-state index in [0.717, 1.165) is 11.6 Å². The zero-order valence-corrected chi connectivity index (χ0v) is 13.3. The van der Waals surface area contributed by atoms with Crippen molar-refractivity contribution in [2.24, 2.45) is 0 Å². The first-order chi connectivity index (χ1) is 8.02. The Morgan fingerprint density at radius 1 is 0.882 bits per heavy atom. The fourth-order valence-corrected chi connectivity index (χ4v) is 3.25. The molecule has 0 heterocycles. The van der Waals surface area contributed by atoms with Gasteiger partial charge in [-0.15, -0.1) is 0 Å². The van der Waals surface area contributed by atoms with Gasteiger partial charge in [-0.05, 0) is 18.0 Å². The van der Waals surface area contributed by atoms with Crippen LogP contribution >= 0.6 is 0 Å². The standard InChI is InChI=1S/C15H30OSi/c1-5-6-7-8-9-10-11-12-13-15(14-16)17(2,3)4/h5-13H2,1-4H3. The van der Waals surface area contributed by atoms with Crippen LogP contribution in [-0.4, -0.2) is 14.0 Å². The lowest BCUT2D eigenvalue weighted by molar-refractivity contribution is 0.563. The summed E-state index contributed by atoms with van der Waals surface area (Å²) < 4.78 is 0. The Labute approximate surface area is 109 Å². The van der Waals surface area contributed by atoms with Crippen molar-refractivity contribution in [3.05, 3.63) is 5.20 Å². The number of allylic oxidation sites excluding steroid dienone is 1. The Hall–Kier alpha value is -0.333.